The quantitative estimate of drug-likeness (QED) is 0.903. The fourth-order valence-corrected chi connectivity index (χ4v) is 2.59. The number of benzene rings is 1. The van der Waals surface area contributed by atoms with Crippen molar-refractivity contribution in [2.24, 2.45) is 5.73 Å². The maximum atomic E-state index is 12.3. The second-order valence-corrected chi connectivity index (χ2v) is 6.28. The third-order valence-corrected chi connectivity index (χ3v) is 3.88. The van der Waals surface area contributed by atoms with Crippen LogP contribution in [0.5, 0.6) is 5.75 Å². The summed E-state index contributed by atoms with van der Waals surface area (Å²) in [4.78, 5) is 13.7. The van der Waals surface area contributed by atoms with Crippen molar-refractivity contribution in [1.29, 1.82) is 0 Å². The highest BCUT2D eigenvalue weighted by atomic mass is 19.4. The smallest absolute Gasteiger partial charge is 0.422 e. The van der Waals surface area contributed by atoms with Crippen LogP contribution in [0.25, 0.3) is 0 Å². The Kier molecular flexibility index (Phi) is 4.61. The lowest BCUT2D eigenvalue weighted by molar-refractivity contribution is -0.153. The van der Waals surface area contributed by atoms with Gasteiger partial charge in [-0.15, -0.1) is 0 Å². The first-order valence-corrected chi connectivity index (χ1v) is 7.36. The SMILES string of the molecule is Cc1cc(CN(C)C(=O)C2(N)CC2)cc(C)c1OCC(F)(F)F. The van der Waals surface area contributed by atoms with E-state index in [9.17, 15) is 18.0 Å². The van der Waals surface area contributed by atoms with Gasteiger partial charge in [-0.2, -0.15) is 13.2 Å². The molecule has 0 aliphatic heterocycles. The number of likely N-dealkylation sites (N-methyl/N-ethyl adjacent to an activating group) is 1. The van der Waals surface area contributed by atoms with Crippen LogP contribution >= 0.6 is 0 Å². The molecule has 1 aliphatic carbocycles. The lowest BCUT2D eigenvalue weighted by atomic mass is 10.0. The molecule has 0 saturated heterocycles. The molecule has 7 heteroatoms. The number of halogens is 3. The zero-order valence-corrected chi connectivity index (χ0v) is 13.5. The van der Waals surface area contributed by atoms with Crippen LogP contribution in [0, 0.1) is 13.8 Å². The first-order valence-electron chi connectivity index (χ1n) is 7.36. The van der Waals surface area contributed by atoms with E-state index in [1.165, 1.54) is 0 Å². The van der Waals surface area contributed by atoms with E-state index < -0.39 is 18.3 Å². The standard InChI is InChI=1S/C16H21F3N2O2/c1-10-6-12(8-21(3)14(22)15(20)4-5-15)7-11(2)13(10)23-9-16(17,18)19/h6-7H,4-5,8-9,20H2,1-3H3. The molecule has 0 heterocycles. The van der Waals surface area contributed by atoms with Gasteiger partial charge in [-0.05, 0) is 43.4 Å². The van der Waals surface area contributed by atoms with E-state index in [0.717, 1.165) is 5.56 Å². The minimum Gasteiger partial charge on any atom is -0.484 e. The topological polar surface area (TPSA) is 55.6 Å². The average Bonchev–Trinajstić information content (AvgIpc) is 3.14. The second-order valence-electron chi connectivity index (χ2n) is 6.28. The summed E-state index contributed by atoms with van der Waals surface area (Å²) in [7, 11) is 1.67. The number of carbonyl (C=O) groups is 1. The zero-order valence-electron chi connectivity index (χ0n) is 13.5. The van der Waals surface area contributed by atoms with Crippen LogP contribution in [-0.4, -0.2) is 36.2 Å². The molecule has 1 aromatic rings. The third-order valence-electron chi connectivity index (χ3n) is 3.88. The number of aryl methyl sites for hydroxylation is 2. The van der Waals surface area contributed by atoms with Gasteiger partial charge < -0.3 is 15.4 Å². The Hall–Kier alpha value is -1.76. The maximum absolute atomic E-state index is 12.3. The number of carbonyl (C=O) groups excluding carboxylic acids is 1. The summed E-state index contributed by atoms with van der Waals surface area (Å²) >= 11 is 0. The van der Waals surface area contributed by atoms with Crippen molar-refractivity contribution in [2.45, 2.75) is 44.9 Å². The Balaban J connectivity index is 2.08. The number of alkyl halides is 3. The van der Waals surface area contributed by atoms with Crippen molar-refractivity contribution >= 4 is 5.91 Å². The Labute approximate surface area is 133 Å². The fraction of sp³-hybridized carbons (Fsp3) is 0.562. The van der Waals surface area contributed by atoms with Crippen molar-refractivity contribution < 1.29 is 22.7 Å². The highest BCUT2D eigenvalue weighted by Gasteiger charge is 2.47. The number of rotatable bonds is 5. The van der Waals surface area contributed by atoms with Gasteiger partial charge >= 0.3 is 6.18 Å². The summed E-state index contributed by atoms with van der Waals surface area (Å²) in [5.41, 5.74) is 7.22. The zero-order chi connectivity index (χ0) is 17.4. The van der Waals surface area contributed by atoms with Crippen LogP contribution in [0.15, 0.2) is 12.1 Å². The summed E-state index contributed by atoms with van der Waals surface area (Å²) in [5.74, 6) is 0.128. The predicted octanol–water partition coefficient (Wildman–Crippen LogP) is 2.69. The maximum Gasteiger partial charge on any atom is 0.422 e. The predicted molar refractivity (Wildman–Crippen MR) is 80.1 cm³/mol. The Morgan fingerprint density at radius 2 is 1.83 bits per heavy atom. The normalized spacial score (nSPS) is 16.1. The fourth-order valence-electron chi connectivity index (χ4n) is 2.59. The van der Waals surface area contributed by atoms with E-state index >= 15 is 0 Å². The first-order chi connectivity index (χ1) is 10.5. The molecule has 1 fully saturated rings. The van der Waals surface area contributed by atoms with E-state index in [-0.39, 0.29) is 11.7 Å². The number of nitrogens with two attached hydrogens (primary N) is 1. The monoisotopic (exact) mass is 330 g/mol. The molecule has 1 aromatic carbocycles. The van der Waals surface area contributed by atoms with Gasteiger partial charge in [-0.25, -0.2) is 0 Å². The van der Waals surface area contributed by atoms with Gasteiger partial charge in [0.25, 0.3) is 0 Å². The summed E-state index contributed by atoms with van der Waals surface area (Å²) in [6, 6.07) is 3.47. The molecule has 128 valence electrons. The highest BCUT2D eigenvalue weighted by molar-refractivity contribution is 5.88. The van der Waals surface area contributed by atoms with Crippen LogP contribution in [0.3, 0.4) is 0 Å². The van der Waals surface area contributed by atoms with Crippen molar-refractivity contribution in [3.63, 3.8) is 0 Å². The van der Waals surface area contributed by atoms with Crippen molar-refractivity contribution in [3.05, 3.63) is 28.8 Å². The summed E-state index contributed by atoms with van der Waals surface area (Å²) in [6.45, 7) is 2.42. The molecule has 0 radical (unpaired) electrons. The lowest BCUT2D eigenvalue weighted by Gasteiger charge is -2.22. The van der Waals surface area contributed by atoms with Crippen LogP contribution in [0.1, 0.15) is 29.5 Å². The Morgan fingerprint density at radius 3 is 2.26 bits per heavy atom. The largest absolute Gasteiger partial charge is 0.484 e. The summed E-state index contributed by atoms with van der Waals surface area (Å²) in [5, 5.41) is 0. The number of hydrogen-bond acceptors (Lipinski definition) is 3. The molecular formula is C16H21F3N2O2. The molecule has 0 unspecified atom stereocenters. The van der Waals surface area contributed by atoms with Gasteiger partial charge in [0.2, 0.25) is 5.91 Å². The number of nitrogens with zero attached hydrogens (tertiary/aromatic N) is 1. The Morgan fingerprint density at radius 1 is 1.30 bits per heavy atom. The first kappa shape index (κ1) is 17.6. The number of hydrogen-bond donors (Lipinski definition) is 1. The van der Waals surface area contributed by atoms with Crippen LogP contribution in [-0.2, 0) is 11.3 Å². The molecule has 0 atom stereocenters. The van der Waals surface area contributed by atoms with Crippen molar-refractivity contribution in [1.82, 2.24) is 4.90 Å². The molecule has 4 nitrogen and oxygen atoms in total. The average molecular weight is 330 g/mol. The van der Waals surface area contributed by atoms with E-state index in [1.54, 1.807) is 37.9 Å². The lowest BCUT2D eigenvalue weighted by Crippen LogP contribution is -2.43. The molecule has 1 aliphatic rings. The third kappa shape index (κ3) is 4.37. The van der Waals surface area contributed by atoms with Crippen LogP contribution in [0.4, 0.5) is 13.2 Å². The Bertz CT molecular complexity index is 587. The molecule has 0 spiro atoms. The van der Waals surface area contributed by atoms with Crippen LogP contribution < -0.4 is 10.5 Å². The molecule has 0 aromatic heterocycles. The van der Waals surface area contributed by atoms with E-state index in [2.05, 4.69) is 0 Å². The van der Waals surface area contributed by atoms with E-state index in [0.29, 0.717) is 30.5 Å². The van der Waals surface area contributed by atoms with Crippen LogP contribution in [0.2, 0.25) is 0 Å². The van der Waals surface area contributed by atoms with Crippen molar-refractivity contribution in [2.75, 3.05) is 13.7 Å². The number of amides is 1. The molecule has 2 rings (SSSR count). The minimum absolute atomic E-state index is 0.106. The minimum atomic E-state index is -4.37. The molecule has 1 amide bonds. The molecule has 1 saturated carbocycles. The summed E-state index contributed by atoms with van der Waals surface area (Å²) < 4.78 is 41.7. The molecule has 0 bridgehead atoms. The van der Waals surface area contributed by atoms with Gasteiger partial charge in [0.1, 0.15) is 5.75 Å². The van der Waals surface area contributed by atoms with Gasteiger partial charge in [-0.3, -0.25) is 4.79 Å². The van der Waals surface area contributed by atoms with Crippen molar-refractivity contribution in [3.8, 4) is 5.75 Å². The van der Waals surface area contributed by atoms with Gasteiger partial charge in [0.05, 0.1) is 5.54 Å². The van der Waals surface area contributed by atoms with Gasteiger partial charge in [0, 0.05) is 13.6 Å². The van der Waals surface area contributed by atoms with E-state index in [4.69, 9.17) is 10.5 Å². The van der Waals surface area contributed by atoms with Gasteiger partial charge in [0.15, 0.2) is 6.61 Å². The summed E-state index contributed by atoms with van der Waals surface area (Å²) in [6.07, 6.45) is -2.99. The van der Waals surface area contributed by atoms with Gasteiger partial charge in [-0.1, -0.05) is 12.1 Å². The molecular weight excluding hydrogens is 309 g/mol. The second kappa shape index (κ2) is 6.03. The van der Waals surface area contributed by atoms with E-state index in [1.807, 2.05) is 0 Å². The highest BCUT2D eigenvalue weighted by Crippen LogP contribution is 2.34. The number of ether oxygens (including phenoxy) is 1. The molecule has 2 N–H and O–H groups in total. The molecule has 23 heavy (non-hydrogen) atoms.